The van der Waals surface area contributed by atoms with Crippen LogP contribution in [0.3, 0.4) is 0 Å². The van der Waals surface area contributed by atoms with Gasteiger partial charge in [0, 0.05) is 26.1 Å². The van der Waals surface area contributed by atoms with Crippen molar-refractivity contribution in [1.29, 1.82) is 0 Å². The molecule has 2 aromatic rings. The van der Waals surface area contributed by atoms with Gasteiger partial charge in [-0.05, 0) is 43.2 Å². The third-order valence-electron chi connectivity index (χ3n) is 6.00. The molecule has 2 aromatic carbocycles. The summed E-state index contributed by atoms with van der Waals surface area (Å²) in [5.74, 6) is -1.03. The first-order valence-corrected chi connectivity index (χ1v) is 11.5. The molecule has 0 unspecified atom stereocenters. The van der Waals surface area contributed by atoms with Crippen molar-refractivity contribution < 1.29 is 36.6 Å². The van der Waals surface area contributed by atoms with Crippen molar-refractivity contribution in [3.05, 3.63) is 48.3 Å². The van der Waals surface area contributed by atoms with Crippen molar-refractivity contribution >= 4 is 29.1 Å². The molecule has 1 atom stereocenters. The summed E-state index contributed by atoms with van der Waals surface area (Å²) < 4.78 is 62.3. The average Bonchev–Trinajstić information content (AvgIpc) is 3.19. The number of para-hydroxylation sites is 2. The number of nitrogens with zero attached hydrogens (tertiary/aromatic N) is 2. The van der Waals surface area contributed by atoms with Crippen LogP contribution >= 0.6 is 0 Å². The van der Waals surface area contributed by atoms with Gasteiger partial charge in [-0.1, -0.05) is 12.1 Å². The first-order chi connectivity index (χ1) is 17.1. The molecule has 2 saturated heterocycles. The standard InChI is InChI=1S/C24H26F4N4O4/c1-15(33)29-13-18-14-32(23(34)35-18)17-6-7-21(19(25)12-17)31-10-8-16(9-11-31)30-20-4-2-3-5-22(20)36-24(26,27)28/h2-7,12,16,18,30H,8-11,13-14H2,1H3,(H,29,33)/t18-/m0/s1. The number of benzene rings is 2. The molecule has 2 heterocycles. The van der Waals surface area contributed by atoms with Gasteiger partial charge in [0.25, 0.3) is 0 Å². The van der Waals surface area contributed by atoms with Crippen molar-refractivity contribution in [2.24, 2.45) is 0 Å². The third-order valence-corrected chi connectivity index (χ3v) is 6.00. The van der Waals surface area contributed by atoms with Gasteiger partial charge >= 0.3 is 12.5 Å². The van der Waals surface area contributed by atoms with Crippen molar-refractivity contribution in [3.8, 4) is 5.75 Å². The summed E-state index contributed by atoms with van der Waals surface area (Å²) in [6.07, 6.45) is -4.78. The number of nitrogens with one attached hydrogen (secondary N) is 2. The average molecular weight is 510 g/mol. The van der Waals surface area contributed by atoms with Crippen LogP contribution in [-0.2, 0) is 9.53 Å². The lowest BCUT2D eigenvalue weighted by molar-refractivity contribution is -0.274. The molecule has 36 heavy (non-hydrogen) atoms. The summed E-state index contributed by atoms with van der Waals surface area (Å²) in [5, 5.41) is 5.69. The van der Waals surface area contributed by atoms with Crippen LogP contribution in [0.2, 0.25) is 0 Å². The Balaban J connectivity index is 1.35. The summed E-state index contributed by atoms with van der Waals surface area (Å²) in [6, 6.07) is 10.3. The Morgan fingerprint density at radius 1 is 1.17 bits per heavy atom. The third kappa shape index (κ3) is 6.29. The van der Waals surface area contributed by atoms with Crippen LogP contribution in [0.4, 0.5) is 39.4 Å². The summed E-state index contributed by atoms with van der Waals surface area (Å²) in [6.45, 7) is 2.70. The summed E-state index contributed by atoms with van der Waals surface area (Å²) in [4.78, 5) is 26.4. The van der Waals surface area contributed by atoms with E-state index in [-0.39, 0.29) is 36.5 Å². The summed E-state index contributed by atoms with van der Waals surface area (Å²) >= 11 is 0. The van der Waals surface area contributed by atoms with Crippen molar-refractivity contribution in [2.45, 2.75) is 38.3 Å². The number of hydrogen-bond donors (Lipinski definition) is 2. The van der Waals surface area contributed by atoms with Gasteiger partial charge in [0.15, 0.2) is 5.75 Å². The number of ether oxygens (including phenoxy) is 2. The van der Waals surface area contributed by atoms with Crippen LogP contribution in [-0.4, -0.2) is 56.7 Å². The number of hydrogen-bond acceptors (Lipinski definition) is 6. The van der Waals surface area contributed by atoms with E-state index in [9.17, 15) is 22.8 Å². The molecule has 2 N–H and O–H groups in total. The maximum Gasteiger partial charge on any atom is 0.573 e. The monoisotopic (exact) mass is 510 g/mol. The second kappa shape index (κ2) is 10.5. The molecule has 194 valence electrons. The van der Waals surface area contributed by atoms with Gasteiger partial charge in [0.05, 0.1) is 30.2 Å². The maximum absolute atomic E-state index is 15.0. The lowest BCUT2D eigenvalue weighted by atomic mass is 10.0. The second-order valence-electron chi connectivity index (χ2n) is 8.64. The highest BCUT2D eigenvalue weighted by atomic mass is 19.4. The molecule has 0 aliphatic carbocycles. The Morgan fingerprint density at radius 3 is 2.56 bits per heavy atom. The topological polar surface area (TPSA) is 83.1 Å². The van der Waals surface area contributed by atoms with E-state index in [1.165, 1.54) is 36.1 Å². The molecule has 0 radical (unpaired) electrons. The molecule has 0 aromatic heterocycles. The van der Waals surface area contributed by atoms with E-state index in [4.69, 9.17) is 4.74 Å². The first kappa shape index (κ1) is 25.4. The zero-order chi connectivity index (χ0) is 25.9. The molecule has 2 amide bonds. The Labute approximate surface area is 205 Å². The lowest BCUT2D eigenvalue weighted by Gasteiger charge is -2.35. The maximum atomic E-state index is 15.0. The minimum absolute atomic E-state index is 0.110. The van der Waals surface area contributed by atoms with Crippen LogP contribution in [0.1, 0.15) is 19.8 Å². The van der Waals surface area contributed by atoms with Crippen molar-refractivity contribution in [3.63, 3.8) is 0 Å². The lowest BCUT2D eigenvalue weighted by Crippen LogP contribution is -2.39. The van der Waals surface area contributed by atoms with E-state index >= 15 is 4.39 Å². The van der Waals surface area contributed by atoms with Gasteiger partial charge in [0.1, 0.15) is 11.9 Å². The minimum Gasteiger partial charge on any atom is -0.442 e. The highest BCUT2D eigenvalue weighted by molar-refractivity contribution is 5.90. The molecule has 12 heteroatoms. The zero-order valence-electron chi connectivity index (χ0n) is 19.5. The first-order valence-electron chi connectivity index (χ1n) is 11.5. The fourth-order valence-electron chi connectivity index (χ4n) is 4.30. The van der Waals surface area contributed by atoms with Crippen LogP contribution in [0.5, 0.6) is 5.75 Å². The fourth-order valence-corrected chi connectivity index (χ4v) is 4.30. The molecular weight excluding hydrogens is 484 g/mol. The minimum atomic E-state index is -4.79. The number of halogens is 4. The quantitative estimate of drug-likeness (QED) is 0.542. The molecule has 2 fully saturated rings. The van der Waals surface area contributed by atoms with Gasteiger partial charge in [-0.15, -0.1) is 13.2 Å². The van der Waals surface area contributed by atoms with E-state index in [2.05, 4.69) is 15.4 Å². The van der Waals surface area contributed by atoms with Gasteiger partial charge in [-0.25, -0.2) is 9.18 Å². The van der Waals surface area contributed by atoms with E-state index in [0.717, 1.165) is 0 Å². The Morgan fingerprint density at radius 2 is 1.89 bits per heavy atom. The molecule has 0 spiro atoms. The number of anilines is 3. The highest BCUT2D eigenvalue weighted by Gasteiger charge is 2.34. The molecule has 4 rings (SSSR count). The highest BCUT2D eigenvalue weighted by Crippen LogP contribution is 2.33. The fraction of sp³-hybridized carbons (Fsp3) is 0.417. The molecule has 2 aliphatic heterocycles. The predicted molar refractivity (Wildman–Crippen MR) is 125 cm³/mol. The van der Waals surface area contributed by atoms with Crippen LogP contribution in [0.25, 0.3) is 0 Å². The number of piperidine rings is 1. The molecule has 0 saturated carbocycles. The van der Waals surface area contributed by atoms with Gasteiger partial charge in [0.2, 0.25) is 5.91 Å². The van der Waals surface area contributed by atoms with Gasteiger partial charge < -0.3 is 25.0 Å². The molecule has 8 nitrogen and oxygen atoms in total. The van der Waals surface area contributed by atoms with Gasteiger partial charge in [-0.3, -0.25) is 9.69 Å². The number of cyclic esters (lactones) is 1. The summed E-state index contributed by atoms with van der Waals surface area (Å²) in [7, 11) is 0. The molecule has 2 aliphatic rings. The van der Waals surface area contributed by atoms with Crippen LogP contribution in [0, 0.1) is 5.82 Å². The predicted octanol–water partition coefficient (Wildman–Crippen LogP) is 4.27. The van der Waals surface area contributed by atoms with E-state index < -0.39 is 24.4 Å². The van der Waals surface area contributed by atoms with Gasteiger partial charge in [-0.2, -0.15) is 0 Å². The number of carbonyl (C=O) groups excluding carboxylic acids is 2. The Bertz CT molecular complexity index is 1110. The number of alkyl halides is 3. The largest absolute Gasteiger partial charge is 0.573 e. The number of amides is 2. The van der Waals surface area contributed by atoms with E-state index in [1.807, 2.05) is 4.90 Å². The number of rotatable bonds is 7. The van der Waals surface area contributed by atoms with Crippen LogP contribution < -0.4 is 25.2 Å². The molecular formula is C24H26F4N4O4. The normalized spacial score (nSPS) is 18.7. The van der Waals surface area contributed by atoms with E-state index in [1.54, 1.807) is 18.2 Å². The van der Waals surface area contributed by atoms with Crippen LogP contribution in [0.15, 0.2) is 42.5 Å². The smallest absolute Gasteiger partial charge is 0.442 e. The Kier molecular flexibility index (Phi) is 7.41. The van der Waals surface area contributed by atoms with Crippen molar-refractivity contribution in [1.82, 2.24) is 5.32 Å². The second-order valence-corrected chi connectivity index (χ2v) is 8.64. The van der Waals surface area contributed by atoms with E-state index in [0.29, 0.717) is 37.3 Å². The number of carbonyl (C=O) groups is 2. The molecule has 0 bridgehead atoms. The summed E-state index contributed by atoms with van der Waals surface area (Å²) in [5.41, 5.74) is 0.975. The zero-order valence-corrected chi connectivity index (χ0v) is 19.5. The van der Waals surface area contributed by atoms with Crippen molar-refractivity contribution in [2.75, 3.05) is 41.3 Å². The Hall–Kier alpha value is -3.70. The SMILES string of the molecule is CC(=O)NC[C@H]1CN(c2ccc(N3CCC(Nc4ccccc4OC(F)(F)F)CC3)c(F)c2)C(=O)O1.